The molecule has 2 aromatic rings. The molecule has 0 aliphatic heterocycles. The van der Waals surface area contributed by atoms with Crippen LogP contribution >= 0.6 is 0 Å². The van der Waals surface area contributed by atoms with Gasteiger partial charge in [-0.15, -0.1) is 0 Å². The highest BCUT2D eigenvalue weighted by Gasteiger charge is 2.30. The third-order valence-corrected chi connectivity index (χ3v) is 4.67. The lowest BCUT2D eigenvalue weighted by Gasteiger charge is -2.26. The van der Waals surface area contributed by atoms with Gasteiger partial charge in [-0.1, -0.05) is 30.3 Å². The lowest BCUT2D eigenvalue weighted by atomic mass is 9.81. The molecule has 1 saturated carbocycles. The maximum atomic E-state index is 12.3. The number of aromatic nitrogens is 1. The Kier molecular flexibility index (Phi) is 6.33. The second kappa shape index (κ2) is 9.10. The second-order valence-electron chi connectivity index (χ2n) is 6.51. The molecule has 6 nitrogen and oxygen atoms in total. The molecule has 1 aromatic carbocycles. The predicted molar refractivity (Wildman–Crippen MR) is 97.7 cm³/mol. The summed E-state index contributed by atoms with van der Waals surface area (Å²) in [7, 11) is 0. The first-order valence-corrected chi connectivity index (χ1v) is 8.89. The molecule has 0 unspecified atom stereocenters. The van der Waals surface area contributed by atoms with E-state index in [9.17, 15) is 9.59 Å². The van der Waals surface area contributed by atoms with Gasteiger partial charge in [-0.05, 0) is 43.4 Å². The summed E-state index contributed by atoms with van der Waals surface area (Å²) in [6, 6.07) is 13.2. The minimum Gasteiger partial charge on any atom is -0.326 e. The van der Waals surface area contributed by atoms with Crippen molar-refractivity contribution in [3.05, 3.63) is 60.4 Å². The normalized spacial score (nSPS) is 19.5. The molecule has 1 aliphatic carbocycles. The summed E-state index contributed by atoms with van der Waals surface area (Å²) < 4.78 is 0. The molecule has 3 rings (SSSR count). The monoisotopic (exact) mass is 353 g/mol. The first kappa shape index (κ1) is 18.1. The average Bonchev–Trinajstić information content (AvgIpc) is 2.69. The standard InChI is InChI=1S/C20H23N3O3/c24-19(22-18-10-12-21-13-11-18)16-6-8-17(9-7-16)20(25)23-26-14-15-4-2-1-3-5-15/h1-5,10-13,16-17H,6-9,14H2,(H,23,25)(H,21,22,24). The van der Waals surface area contributed by atoms with E-state index < -0.39 is 0 Å². The van der Waals surface area contributed by atoms with E-state index in [1.54, 1.807) is 24.5 Å². The van der Waals surface area contributed by atoms with Crippen molar-refractivity contribution in [1.29, 1.82) is 0 Å². The maximum Gasteiger partial charge on any atom is 0.246 e. The topological polar surface area (TPSA) is 80.3 Å². The van der Waals surface area contributed by atoms with Gasteiger partial charge in [0.25, 0.3) is 0 Å². The molecule has 6 heteroatoms. The Labute approximate surface area is 152 Å². The van der Waals surface area contributed by atoms with E-state index in [0.717, 1.165) is 11.3 Å². The molecule has 0 atom stereocenters. The van der Waals surface area contributed by atoms with Gasteiger partial charge >= 0.3 is 0 Å². The first-order valence-electron chi connectivity index (χ1n) is 8.89. The van der Waals surface area contributed by atoms with Gasteiger partial charge in [0.15, 0.2) is 0 Å². The molecule has 0 spiro atoms. The molecule has 26 heavy (non-hydrogen) atoms. The van der Waals surface area contributed by atoms with E-state index >= 15 is 0 Å². The van der Waals surface area contributed by atoms with Crippen LogP contribution in [0.15, 0.2) is 54.9 Å². The first-order chi connectivity index (χ1) is 12.7. The van der Waals surface area contributed by atoms with E-state index in [4.69, 9.17) is 4.84 Å². The van der Waals surface area contributed by atoms with Crippen LogP contribution in [0.5, 0.6) is 0 Å². The van der Waals surface area contributed by atoms with Crippen LogP contribution in [-0.2, 0) is 21.0 Å². The van der Waals surface area contributed by atoms with E-state index in [0.29, 0.717) is 32.3 Å². The number of rotatable bonds is 6. The smallest absolute Gasteiger partial charge is 0.246 e. The number of amides is 2. The van der Waals surface area contributed by atoms with Crippen molar-refractivity contribution < 1.29 is 14.4 Å². The summed E-state index contributed by atoms with van der Waals surface area (Å²) in [5, 5.41) is 2.90. The van der Waals surface area contributed by atoms with Gasteiger partial charge in [0.05, 0.1) is 6.61 Å². The third kappa shape index (κ3) is 5.13. The Morgan fingerprint density at radius 2 is 1.54 bits per heavy atom. The van der Waals surface area contributed by atoms with Gasteiger partial charge < -0.3 is 5.32 Å². The molecule has 2 amide bonds. The fourth-order valence-electron chi connectivity index (χ4n) is 3.15. The molecule has 0 saturated heterocycles. The van der Waals surface area contributed by atoms with Crippen molar-refractivity contribution in [2.75, 3.05) is 5.32 Å². The molecule has 1 heterocycles. The SMILES string of the molecule is O=C(NOCc1ccccc1)C1CCC(C(=O)Nc2ccncc2)CC1. The van der Waals surface area contributed by atoms with Crippen LogP contribution in [0, 0.1) is 11.8 Å². The quantitative estimate of drug-likeness (QED) is 0.782. The summed E-state index contributed by atoms with van der Waals surface area (Å²) in [5.41, 5.74) is 4.29. The van der Waals surface area contributed by atoms with Crippen molar-refractivity contribution in [1.82, 2.24) is 10.5 Å². The third-order valence-electron chi connectivity index (χ3n) is 4.67. The fourth-order valence-corrected chi connectivity index (χ4v) is 3.15. The highest BCUT2D eigenvalue weighted by molar-refractivity contribution is 5.92. The lowest BCUT2D eigenvalue weighted by molar-refractivity contribution is -0.140. The molecule has 0 radical (unpaired) electrons. The van der Waals surface area contributed by atoms with Gasteiger partial charge in [-0.2, -0.15) is 0 Å². The number of carbonyl (C=O) groups excluding carboxylic acids is 2. The van der Waals surface area contributed by atoms with Gasteiger partial charge in [-0.3, -0.25) is 19.4 Å². The molecular weight excluding hydrogens is 330 g/mol. The molecule has 136 valence electrons. The van der Waals surface area contributed by atoms with Crippen LogP contribution in [0.3, 0.4) is 0 Å². The van der Waals surface area contributed by atoms with Crippen LogP contribution in [0.2, 0.25) is 0 Å². The average molecular weight is 353 g/mol. The fraction of sp³-hybridized carbons (Fsp3) is 0.350. The summed E-state index contributed by atoms with van der Waals surface area (Å²) in [6.07, 6.45) is 6.07. The Morgan fingerprint density at radius 1 is 0.923 bits per heavy atom. The molecule has 1 fully saturated rings. The zero-order valence-corrected chi connectivity index (χ0v) is 14.6. The minimum atomic E-state index is -0.103. The van der Waals surface area contributed by atoms with Crippen molar-refractivity contribution in [3.8, 4) is 0 Å². The van der Waals surface area contributed by atoms with Crippen LogP contribution in [-0.4, -0.2) is 16.8 Å². The lowest BCUT2D eigenvalue weighted by Crippen LogP contribution is -2.35. The number of benzene rings is 1. The number of nitrogens with zero attached hydrogens (tertiary/aromatic N) is 1. The molecule has 0 bridgehead atoms. The minimum absolute atomic E-state index is 0.00962. The highest BCUT2D eigenvalue weighted by atomic mass is 16.6. The van der Waals surface area contributed by atoms with Crippen molar-refractivity contribution in [3.63, 3.8) is 0 Å². The number of hydrogen-bond acceptors (Lipinski definition) is 4. The number of hydroxylamine groups is 1. The van der Waals surface area contributed by atoms with Gasteiger partial charge in [0.2, 0.25) is 11.8 Å². The van der Waals surface area contributed by atoms with Gasteiger partial charge in [0, 0.05) is 29.9 Å². The number of anilines is 1. The maximum absolute atomic E-state index is 12.3. The highest BCUT2D eigenvalue weighted by Crippen LogP contribution is 2.29. The Bertz CT molecular complexity index is 714. The molecular formula is C20H23N3O3. The van der Waals surface area contributed by atoms with Crippen LogP contribution in [0.25, 0.3) is 0 Å². The summed E-state index contributed by atoms with van der Waals surface area (Å²) in [5.74, 6) is -0.252. The molecule has 1 aliphatic rings. The predicted octanol–water partition coefficient (Wildman–Crippen LogP) is 3.07. The molecule has 2 N–H and O–H groups in total. The second-order valence-corrected chi connectivity index (χ2v) is 6.51. The summed E-state index contributed by atoms with van der Waals surface area (Å²) in [6.45, 7) is 0.344. The van der Waals surface area contributed by atoms with E-state index in [1.165, 1.54) is 0 Å². The van der Waals surface area contributed by atoms with Crippen molar-refractivity contribution in [2.24, 2.45) is 11.8 Å². The van der Waals surface area contributed by atoms with Crippen LogP contribution in [0.1, 0.15) is 31.2 Å². The zero-order valence-electron chi connectivity index (χ0n) is 14.6. The number of nitrogens with one attached hydrogen (secondary N) is 2. The van der Waals surface area contributed by atoms with Gasteiger partial charge in [0.1, 0.15) is 0 Å². The van der Waals surface area contributed by atoms with E-state index in [2.05, 4.69) is 15.8 Å². The summed E-state index contributed by atoms with van der Waals surface area (Å²) in [4.78, 5) is 33.8. The van der Waals surface area contributed by atoms with Crippen molar-refractivity contribution >= 4 is 17.5 Å². The van der Waals surface area contributed by atoms with Crippen LogP contribution < -0.4 is 10.8 Å². The Hall–Kier alpha value is -2.73. The largest absolute Gasteiger partial charge is 0.326 e. The number of pyridine rings is 1. The Morgan fingerprint density at radius 3 is 2.19 bits per heavy atom. The number of carbonyl (C=O) groups is 2. The number of hydrogen-bond donors (Lipinski definition) is 2. The van der Waals surface area contributed by atoms with E-state index in [-0.39, 0.29) is 23.7 Å². The Balaban J connectivity index is 1.38. The van der Waals surface area contributed by atoms with E-state index in [1.807, 2.05) is 30.3 Å². The van der Waals surface area contributed by atoms with Gasteiger partial charge in [-0.25, -0.2) is 5.48 Å². The summed E-state index contributed by atoms with van der Waals surface area (Å²) >= 11 is 0. The van der Waals surface area contributed by atoms with Crippen molar-refractivity contribution in [2.45, 2.75) is 32.3 Å². The zero-order chi connectivity index (χ0) is 18.2. The van der Waals surface area contributed by atoms with Crippen LogP contribution in [0.4, 0.5) is 5.69 Å². The molecule has 1 aromatic heterocycles.